The van der Waals surface area contributed by atoms with E-state index in [2.05, 4.69) is 9.97 Å². The van der Waals surface area contributed by atoms with Gasteiger partial charge in [0.15, 0.2) is 0 Å². The van der Waals surface area contributed by atoms with Crippen molar-refractivity contribution in [3.8, 4) is 0 Å². The summed E-state index contributed by atoms with van der Waals surface area (Å²) in [5, 5.41) is 3.35. The molecule has 0 fully saturated rings. The second-order valence-electron chi connectivity index (χ2n) is 5.24. The van der Waals surface area contributed by atoms with Gasteiger partial charge in [0.25, 0.3) is 11.8 Å². The van der Waals surface area contributed by atoms with Gasteiger partial charge in [-0.3, -0.25) is 19.6 Å². The Kier molecular flexibility index (Phi) is 5.86. The van der Waals surface area contributed by atoms with E-state index in [4.69, 9.17) is 0 Å². The van der Waals surface area contributed by atoms with Crippen molar-refractivity contribution in [3.05, 3.63) is 60.2 Å². The zero-order valence-corrected chi connectivity index (χ0v) is 13.3. The summed E-state index contributed by atoms with van der Waals surface area (Å²) in [4.78, 5) is 30.4. The van der Waals surface area contributed by atoms with Gasteiger partial charge < -0.3 is 10.6 Å². The number of carbonyl (C=O) groups excluding carboxylic acids is 2. The van der Waals surface area contributed by atoms with E-state index in [0.29, 0.717) is 11.1 Å². The molecule has 0 unspecified atom stereocenters. The van der Waals surface area contributed by atoms with Crippen molar-refractivity contribution in [2.24, 2.45) is 0 Å². The molecule has 0 aliphatic carbocycles. The molecular weight excluding hydrogens is 356 g/mol. The molecule has 26 heavy (non-hydrogen) atoms. The minimum atomic E-state index is -5.23. The van der Waals surface area contributed by atoms with Crippen LogP contribution in [0.2, 0.25) is 0 Å². The quantitative estimate of drug-likeness (QED) is 0.727. The van der Waals surface area contributed by atoms with Crippen LogP contribution in [-0.4, -0.2) is 33.6 Å². The fourth-order valence-electron chi connectivity index (χ4n) is 1.88. The number of halogens is 4. The van der Waals surface area contributed by atoms with E-state index in [9.17, 15) is 27.2 Å². The van der Waals surface area contributed by atoms with Gasteiger partial charge in [-0.15, -0.1) is 0 Å². The van der Waals surface area contributed by atoms with Crippen molar-refractivity contribution in [3.63, 3.8) is 0 Å². The summed E-state index contributed by atoms with van der Waals surface area (Å²) in [6.45, 7) is -0.870. The van der Waals surface area contributed by atoms with Gasteiger partial charge in [0, 0.05) is 37.9 Å². The van der Waals surface area contributed by atoms with Crippen molar-refractivity contribution in [1.82, 2.24) is 20.6 Å². The highest BCUT2D eigenvalue weighted by atomic mass is 19.3. The van der Waals surface area contributed by atoms with E-state index in [-0.39, 0.29) is 0 Å². The van der Waals surface area contributed by atoms with Crippen LogP contribution in [0, 0.1) is 0 Å². The summed E-state index contributed by atoms with van der Waals surface area (Å²) in [7, 11) is 0. The molecule has 2 amide bonds. The van der Waals surface area contributed by atoms with E-state index in [0.717, 1.165) is 0 Å². The van der Waals surface area contributed by atoms with Crippen LogP contribution in [0.5, 0.6) is 0 Å². The van der Waals surface area contributed by atoms with Crippen LogP contribution in [0.15, 0.2) is 49.1 Å². The third-order valence-corrected chi connectivity index (χ3v) is 3.32. The van der Waals surface area contributed by atoms with Crippen LogP contribution in [0.3, 0.4) is 0 Å². The Hall–Kier alpha value is -3.04. The number of amides is 2. The summed E-state index contributed by atoms with van der Waals surface area (Å²) in [5.74, 6) is -15.0. The molecule has 0 bridgehead atoms. The zero-order chi connectivity index (χ0) is 19.2. The first kappa shape index (κ1) is 19.3. The summed E-state index contributed by atoms with van der Waals surface area (Å²) in [6.07, 6.45) is 5.38. The number of aromatic nitrogens is 2. The van der Waals surface area contributed by atoms with Crippen molar-refractivity contribution in [2.75, 3.05) is 0 Å². The number of pyridine rings is 2. The van der Waals surface area contributed by atoms with Crippen molar-refractivity contribution in [2.45, 2.75) is 24.9 Å². The number of nitrogens with zero attached hydrogens (tertiary/aromatic N) is 2. The first-order valence-corrected chi connectivity index (χ1v) is 7.35. The van der Waals surface area contributed by atoms with E-state index >= 15 is 0 Å². The molecule has 0 aliphatic rings. The minimum Gasteiger partial charge on any atom is -0.347 e. The average molecular weight is 370 g/mol. The van der Waals surface area contributed by atoms with Crippen LogP contribution in [0.25, 0.3) is 0 Å². The van der Waals surface area contributed by atoms with E-state index in [1.165, 1.54) is 49.1 Å². The third kappa shape index (κ3) is 4.32. The van der Waals surface area contributed by atoms with Gasteiger partial charge in [0.05, 0.1) is 0 Å². The summed E-state index contributed by atoms with van der Waals surface area (Å²) in [6, 6.07) is 5.90. The topological polar surface area (TPSA) is 84.0 Å². The highest BCUT2D eigenvalue weighted by Gasteiger charge is 2.66. The minimum absolute atomic E-state index is 0.334. The SMILES string of the molecule is O=C(NCc1cccnc1)C(F)(F)C(F)(F)C(=O)NCc1cccnc1. The Balaban J connectivity index is 1.99. The summed E-state index contributed by atoms with van der Waals surface area (Å²) in [5.41, 5.74) is 0.669. The second-order valence-corrected chi connectivity index (χ2v) is 5.24. The molecule has 2 N–H and O–H groups in total. The first-order valence-electron chi connectivity index (χ1n) is 7.35. The predicted molar refractivity (Wildman–Crippen MR) is 82.1 cm³/mol. The van der Waals surface area contributed by atoms with Gasteiger partial charge in [0.1, 0.15) is 0 Å². The molecule has 0 radical (unpaired) electrons. The molecule has 0 aliphatic heterocycles. The molecule has 2 rings (SSSR count). The van der Waals surface area contributed by atoms with Crippen LogP contribution in [0.1, 0.15) is 11.1 Å². The number of alkyl halides is 4. The van der Waals surface area contributed by atoms with Gasteiger partial charge in [-0.1, -0.05) is 12.1 Å². The van der Waals surface area contributed by atoms with Crippen LogP contribution < -0.4 is 10.6 Å². The van der Waals surface area contributed by atoms with Crippen molar-refractivity contribution in [1.29, 1.82) is 0 Å². The Morgan fingerprint density at radius 1 is 0.808 bits per heavy atom. The molecule has 6 nitrogen and oxygen atoms in total. The van der Waals surface area contributed by atoms with Gasteiger partial charge in [-0.2, -0.15) is 17.6 Å². The predicted octanol–water partition coefficient (Wildman–Crippen LogP) is 1.68. The lowest BCUT2D eigenvalue weighted by molar-refractivity contribution is -0.211. The highest BCUT2D eigenvalue weighted by molar-refractivity contribution is 5.95. The van der Waals surface area contributed by atoms with Crippen molar-refractivity contribution >= 4 is 11.8 Å². The highest BCUT2D eigenvalue weighted by Crippen LogP contribution is 2.34. The Bertz CT molecular complexity index is 692. The van der Waals surface area contributed by atoms with Gasteiger partial charge in [-0.05, 0) is 23.3 Å². The Labute approximate surface area is 145 Å². The standard InChI is InChI=1S/C16H14F4N4O2/c17-15(18,13(25)23-9-11-3-1-5-21-7-11)16(19,20)14(26)24-10-12-4-2-6-22-8-12/h1-8H,9-10H2,(H,23,25)(H,24,26). The maximum absolute atomic E-state index is 13.8. The molecule has 2 aromatic rings. The van der Waals surface area contributed by atoms with E-state index in [1.54, 1.807) is 10.6 Å². The number of hydrogen-bond donors (Lipinski definition) is 2. The van der Waals surface area contributed by atoms with Crippen LogP contribution >= 0.6 is 0 Å². The molecule has 0 spiro atoms. The Morgan fingerprint density at radius 3 is 1.50 bits per heavy atom. The van der Waals surface area contributed by atoms with E-state index in [1.807, 2.05) is 0 Å². The Morgan fingerprint density at radius 2 is 1.19 bits per heavy atom. The average Bonchev–Trinajstić information content (AvgIpc) is 2.65. The molecule has 0 saturated heterocycles. The zero-order valence-electron chi connectivity index (χ0n) is 13.3. The number of rotatable bonds is 7. The summed E-state index contributed by atoms with van der Waals surface area (Å²) >= 11 is 0. The van der Waals surface area contributed by atoms with Gasteiger partial charge >= 0.3 is 11.8 Å². The molecule has 0 saturated carbocycles. The molecule has 2 aromatic heterocycles. The monoisotopic (exact) mass is 370 g/mol. The maximum atomic E-state index is 13.8. The van der Waals surface area contributed by atoms with Crippen LogP contribution in [0.4, 0.5) is 17.6 Å². The van der Waals surface area contributed by atoms with E-state index < -0.39 is 36.7 Å². The lowest BCUT2D eigenvalue weighted by Crippen LogP contribution is -2.59. The third-order valence-electron chi connectivity index (χ3n) is 3.32. The normalized spacial score (nSPS) is 11.7. The molecular formula is C16H14F4N4O2. The number of carbonyl (C=O) groups is 2. The summed E-state index contributed by atoms with van der Waals surface area (Å²) < 4.78 is 55.3. The molecule has 10 heteroatoms. The molecule has 0 atom stereocenters. The van der Waals surface area contributed by atoms with Crippen molar-refractivity contribution < 1.29 is 27.2 Å². The number of hydrogen-bond acceptors (Lipinski definition) is 4. The maximum Gasteiger partial charge on any atom is 0.395 e. The van der Waals surface area contributed by atoms with Crippen LogP contribution in [-0.2, 0) is 22.7 Å². The first-order chi connectivity index (χ1) is 12.2. The number of nitrogens with one attached hydrogen (secondary N) is 2. The smallest absolute Gasteiger partial charge is 0.347 e. The van der Waals surface area contributed by atoms with Gasteiger partial charge in [-0.25, -0.2) is 0 Å². The fourth-order valence-corrected chi connectivity index (χ4v) is 1.88. The molecule has 2 heterocycles. The second kappa shape index (κ2) is 7.89. The molecule has 0 aromatic carbocycles. The largest absolute Gasteiger partial charge is 0.395 e. The lowest BCUT2D eigenvalue weighted by Gasteiger charge is -2.24. The molecule has 138 valence electrons. The fraction of sp³-hybridized carbons (Fsp3) is 0.250. The lowest BCUT2D eigenvalue weighted by atomic mass is 10.1. The van der Waals surface area contributed by atoms with Gasteiger partial charge in [0.2, 0.25) is 0 Å².